The second kappa shape index (κ2) is 23.0. The molecule has 0 saturated carbocycles. The first-order chi connectivity index (χ1) is 24.0. The van der Waals surface area contributed by atoms with Gasteiger partial charge in [-0.25, -0.2) is 0 Å². The third-order valence-electron chi connectivity index (χ3n) is 7.17. The summed E-state index contributed by atoms with van der Waals surface area (Å²) in [5.41, 5.74) is 4.82. The Bertz CT molecular complexity index is 1570. The van der Waals surface area contributed by atoms with Crippen molar-refractivity contribution in [3.8, 4) is 12.1 Å². The summed E-state index contributed by atoms with van der Waals surface area (Å²) in [7, 11) is 0. The molecule has 0 fully saturated rings. The van der Waals surface area contributed by atoms with Crippen LogP contribution < -0.4 is 4.90 Å². The summed E-state index contributed by atoms with van der Waals surface area (Å²) in [6, 6.07) is 20.4. The van der Waals surface area contributed by atoms with Gasteiger partial charge in [-0.3, -0.25) is 4.79 Å². The molecule has 12 nitrogen and oxygen atoms in total. The molecular weight excluding hydrogens is 646 g/mol. The van der Waals surface area contributed by atoms with Gasteiger partial charge in [0, 0.05) is 31.6 Å². The molecule has 0 N–H and O–H groups in total. The Morgan fingerprint density at radius 3 is 2.12 bits per heavy atom. The summed E-state index contributed by atoms with van der Waals surface area (Å²) in [5.74, 6) is -0.326. The molecule has 3 aromatic rings. The number of ether oxygens (including phenoxy) is 5. The Balaban J connectivity index is 1.36. The summed E-state index contributed by atoms with van der Waals surface area (Å²) in [6.45, 7) is 8.63. The molecule has 0 aliphatic rings. The van der Waals surface area contributed by atoms with E-state index in [1.54, 1.807) is 6.92 Å². The van der Waals surface area contributed by atoms with Crippen LogP contribution in [0.25, 0.3) is 0 Å². The van der Waals surface area contributed by atoms with Crippen molar-refractivity contribution in [2.75, 3.05) is 70.9 Å². The molecule has 260 valence electrons. The predicted octanol–water partition coefficient (Wildman–Crippen LogP) is 6.51. The predicted molar refractivity (Wildman–Crippen MR) is 185 cm³/mol. The van der Waals surface area contributed by atoms with Crippen LogP contribution in [-0.2, 0) is 39.8 Å². The van der Waals surface area contributed by atoms with Crippen molar-refractivity contribution in [2.24, 2.45) is 10.2 Å². The molecule has 0 unspecified atom stereocenters. The Morgan fingerprint density at radius 1 is 0.857 bits per heavy atom. The number of rotatable bonds is 24. The number of nitriles is 2. The summed E-state index contributed by atoms with van der Waals surface area (Å²) < 4.78 is 27.4. The minimum absolute atomic E-state index is 0.180. The average Bonchev–Trinajstić information content (AvgIpc) is 3.43. The molecule has 0 spiro atoms. The number of anilines is 1. The smallest absolute Gasteiger partial charge is 0.305 e. The number of unbranched alkanes of at least 4 members (excludes halogenated alkanes) is 1. The lowest BCUT2D eigenvalue weighted by molar-refractivity contribution is -0.145. The first-order valence-electron chi connectivity index (χ1n) is 16.1. The molecule has 13 heteroatoms. The van der Waals surface area contributed by atoms with Crippen LogP contribution in [0.1, 0.15) is 46.4 Å². The lowest BCUT2D eigenvalue weighted by Gasteiger charge is -2.25. The Hall–Kier alpha value is -4.50. The van der Waals surface area contributed by atoms with Crippen LogP contribution in [0.4, 0.5) is 16.4 Å². The van der Waals surface area contributed by atoms with Crippen LogP contribution in [0.5, 0.6) is 0 Å². The minimum Gasteiger partial charge on any atom is -0.463 e. The van der Waals surface area contributed by atoms with E-state index in [9.17, 15) is 20.1 Å². The van der Waals surface area contributed by atoms with Crippen molar-refractivity contribution in [3.05, 3.63) is 75.7 Å². The monoisotopic (exact) mass is 689 g/mol. The SMILES string of the molecule is Cc1cc(N(CCOCCOCCOCCOCCOC(=O)CCCC=O)Cc2ccccc2)ccc1N=Nc1sc(C#N)c(C)c1C#N. The third-order valence-corrected chi connectivity index (χ3v) is 8.25. The molecule has 0 radical (unpaired) electrons. The Morgan fingerprint density at radius 2 is 1.51 bits per heavy atom. The highest BCUT2D eigenvalue weighted by Gasteiger charge is 2.15. The maximum absolute atomic E-state index is 11.4. The zero-order chi connectivity index (χ0) is 35.1. The minimum atomic E-state index is -0.326. The highest BCUT2D eigenvalue weighted by Crippen LogP contribution is 2.36. The summed E-state index contributed by atoms with van der Waals surface area (Å²) in [6.07, 6.45) is 1.88. The molecule has 3 rings (SSSR count). The second-order valence-corrected chi connectivity index (χ2v) is 11.8. The largest absolute Gasteiger partial charge is 0.463 e. The number of carbonyl (C=O) groups excluding carboxylic acids is 2. The molecule has 0 amide bonds. The molecule has 1 heterocycles. The van der Waals surface area contributed by atoms with Gasteiger partial charge in [0.25, 0.3) is 0 Å². The van der Waals surface area contributed by atoms with Gasteiger partial charge in [0.2, 0.25) is 0 Å². The number of benzene rings is 2. The number of thiophene rings is 1. The summed E-state index contributed by atoms with van der Waals surface area (Å²) in [4.78, 5) is 24.4. The van der Waals surface area contributed by atoms with Crippen LogP contribution >= 0.6 is 11.3 Å². The number of azo groups is 1. The van der Waals surface area contributed by atoms with Crippen LogP contribution in [0.3, 0.4) is 0 Å². The highest BCUT2D eigenvalue weighted by atomic mass is 32.1. The lowest BCUT2D eigenvalue weighted by Crippen LogP contribution is -2.27. The maximum atomic E-state index is 11.4. The number of nitrogens with zero attached hydrogens (tertiary/aromatic N) is 5. The van der Waals surface area contributed by atoms with Crippen LogP contribution in [-0.4, -0.2) is 78.3 Å². The van der Waals surface area contributed by atoms with E-state index < -0.39 is 0 Å². The van der Waals surface area contributed by atoms with Gasteiger partial charge >= 0.3 is 5.97 Å². The molecule has 1 aromatic heterocycles. The fourth-order valence-corrected chi connectivity index (χ4v) is 5.39. The van der Waals surface area contributed by atoms with Crippen molar-refractivity contribution in [1.82, 2.24) is 0 Å². The van der Waals surface area contributed by atoms with E-state index in [4.69, 9.17) is 23.7 Å². The number of esters is 1. The topological polar surface area (TPSA) is 156 Å². The van der Waals surface area contributed by atoms with Gasteiger partial charge in [-0.05, 0) is 55.2 Å². The molecular formula is C36H43N5O7S. The van der Waals surface area contributed by atoms with E-state index in [0.717, 1.165) is 17.5 Å². The maximum Gasteiger partial charge on any atom is 0.305 e. The quantitative estimate of drug-likeness (QED) is 0.0440. The van der Waals surface area contributed by atoms with E-state index in [-0.39, 0.29) is 19.0 Å². The van der Waals surface area contributed by atoms with E-state index in [1.165, 1.54) is 16.9 Å². The number of aldehydes is 1. The van der Waals surface area contributed by atoms with E-state index in [1.807, 2.05) is 37.3 Å². The van der Waals surface area contributed by atoms with Gasteiger partial charge in [-0.1, -0.05) is 30.3 Å². The first kappa shape index (κ1) is 38.9. The number of hydrogen-bond acceptors (Lipinski definition) is 13. The molecule has 0 aliphatic carbocycles. The molecule has 0 saturated heterocycles. The van der Waals surface area contributed by atoms with Crippen LogP contribution in [0, 0.1) is 36.5 Å². The van der Waals surface area contributed by atoms with Gasteiger partial charge < -0.3 is 33.4 Å². The van der Waals surface area contributed by atoms with Gasteiger partial charge in [0.1, 0.15) is 29.9 Å². The number of carbonyl (C=O) groups is 2. The number of hydrogen-bond donors (Lipinski definition) is 0. The van der Waals surface area contributed by atoms with Gasteiger partial charge in [-0.2, -0.15) is 10.5 Å². The molecule has 0 atom stereocenters. The lowest BCUT2D eigenvalue weighted by atomic mass is 10.1. The molecule has 49 heavy (non-hydrogen) atoms. The fraction of sp³-hybridized carbons (Fsp3) is 0.444. The fourth-order valence-electron chi connectivity index (χ4n) is 4.51. The van der Waals surface area contributed by atoms with Crippen LogP contribution in [0.2, 0.25) is 0 Å². The Kier molecular flexibility index (Phi) is 18.2. The van der Waals surface area contributed by atoms with E-state index >= 15 is 0 Å². The normalized spacial score (nSPS) is 10.9. The molecule has 0 bridgehead atoms. The van der Waals surface area contributed by atoms with Crippen molar-refractivity contribution < 1.29 is 33.3 Å². The number of aryl methyl sites for hydroxylation is 1. The Labute approximate surface area is 291 Å². The van der Waals surface area contributed by atoms with Crippen molar-refractivity contribution >= 4 is 40.0 Å². The van der Waals surface area contributed by atoms with Crippen molar-refractivity contribution in [2.45, 2.75) is 39.7 Å². The molecule has 0 aliphatic heterocycles. The average molecular weight is 690 g/mol. The van der Waals surface area contributed by atoms with Gasteiger partial charge in [-0.15, -0.1) is 21.6 Å². The van der Waals surface area contributed by atoms with Crippen LogP contribution in [0.15, 0.2) is 58.8 Å². The first-order valence-corrected chi connectivity index (χ1v) is 16.9. The van der Waals surface area contributed by atoms with Crippen molar-refractivity contribution in [3.63, 3.8) is 0 Å². The zero-order valence-corrected chi connectivity index (χ0v) is 28.9. The van der Waals surface area contributed by atoms with Crippen molar-refractivity contribution in [1.29, 1.82) is 10.5 Å². The van der Waals surface area contributed by atoms with Gasteiger partial charge in [0.05, 0.1) is 64.1 Å². The molecule has 2 aromatic carbocycles. The van der Waals surface area contributed by atoms with Gasteiger partial charge in [0.15, 0.2) is 5.00 Å². The standard InChI is InChI=1S/C36H43N5O7S/c1-28-24-31(11-12-33(28)39-40-36-32(25-37)29(2)34(26-38)49-36)41(27-30-8-4-3-5-9-30)13-15-44-16-17-45-18-19-46-20-21-47-22-23-48-35(43)10-6-7-14-42/h3-5,8-9,11-12,14,24H,6-7,10,13,15-23,27H2,1-2H3. The third kappa shape index (κ3) is 14.3. The van der Waals surface area contributed by atoms with E-state index in [0.29, 0.717) is 105 Å². The second-order valence-electron chi connectivity index (χ2n) is 10.8. The summed E-state index contributed by atoms with van der Waals surface area (Å²) in [5, 5.41) is 28.0. The highest BCUT2D eigenvalue weighted by molar-refractivity contribution is 7.16. The zero-order valence-electron chi connectivity index (χ0n) is 28.1. The summed E-state index contributed by atoms with van der Waals surface area (Å²) >= 11 is 1.17. The van der Waals surface area contributed by atoms with E-state index in [2.05, 4.69) is 45.5 Å².